The molecule has 0 fully saturated rings. The summed E-state index contributed by atoms with van der Waals surface area (Å²) in [6.07, 6.45) is 40.0. The number of hydrogen-bond donors (Lipinski definition) is 4. The molecule has 0 radical (unpaired) electrons. The molecule has 276 valence electrons. The third-order valence-electron chi connectivity index (χ3n) is 6.64. The molecule has 4 aromatic rings. The maximum atomic E-state index is 8.92. The monoisotopic (exact) mass is 872 g/mol. The molecule has 8 rings (SSSR count). The molecule has 4 aliphatic carbocycles. The Morgan fingerprint density at radius 3 is 0.759 bits per heavy atom. The summed E-state index contributed by atoms with van der Waals surface area (Å²) in [6.45, 7) is 7.71. The molecule has 4 aliphatic rings. The minimum atomic E-state index is 0. The Labute approximate surface area is 363 Å². The van der Waals surface area contributed by atoms with Crippen LogP contribution in [0.25, 0.3) is 0 Å². The average Bonchev–Trinajstić information content (AvgIpc) is 4.01. The van der Waals surface area contributed by atoms with E-state index in [1.807, 2.05) is 137 Å². The molecule has 0 aliphatic heterocycles. The van der Waals surface area contributed by atoms with Crippen LogP contribution in [0, 0.1) is 52.0 Å². The van der Waals surface area contributed by atoms with Crippen LogP contribution in [0.4, 0.5) is 0 Å². The summed E-state index contributed by atoms with van der Waals surface area (Å²) < 4.78 is 0. The first-order valence-corrected chi connectivity index (χ1v) is 17.1. The summed E-state index contributed by atoms with van der Waals surface area (Å²) in [5.74, 6) is 1.39. The number of phenols is 4. The average molecular weight is 875 g/mol. The Bertz CT molecular complexity index is 1450. The molecular weight excluding hydrogens is 823 g/mol. The number of para-hydroxylation sites is 2. The quantitative estimate of drug-likeness (QED) is 0.133. The minimum absolute atomic E-state index is 0. The first-order chi connectivity index (χ1) is 25.2. The zero-order valence-electron chi connectivity index (χ0n) is 31.8. The molecule has 0 unspecified atom stereocenters. The fourth-order valence-corrected chi connectivity index (χ4v) is 3.58. The van der Waals surface area contributed by atoms with Crippen LogP contribution in [0.2, 0.25) is 0 Å². The van der Waals surface area contributed by atoms with Gasteiger partial charge in [-0.25, -0.2) is 48.6 Å². The van der Waals surface area contributed by atoms with Gasteiger partial charge in [0.15, 0.2) is 0 Å². The molecule has 0 saturated heterocycles. The van der Waals surface area contributed by atoms with Crippen molar-refractivity contribution in [2.45, 2.75) is 53.4 Å². The van der Waals surface area contributed by atoms with Gasteiger partial charge in [-0.1, -0.05) is 71.8 Å². The third kappa shape index (κ3) is 31.3. The molecular formula is C48H52O4Zr2. The van der Waals surface area contributed by atoms with Gasteiger partial charge < -0.3 is 20.4 Å². The van der Waals surface area contributed by atoms with Crippen molar-refractivity contribution in [2.75, 3.05) is 0 Å². The van der Waals surface area contributed by atoms with Gasteiger partial charge in [0.2, 0.25) is 0 Å². The van der Waals surface area contributed by atoms with Crippen molar-refractivity contribution in [1.82, 2.24) is 0 Å². The predicted molar refractivity (Wildman–Crippen MR) is 218 cm³/mol. The largest absolute Gasteiger partial charge is 2.00 e. The molecule has 0 aromatic heterocycles. The standard InChI is InChI=1S/4C7H8O.4C5H5.2Zr/c2*1-6-2-4-7(8)5-3-6;2*1-6-4-2-3-5-7(6)8;4*1-2-4-5-3-1;;/h4*2-5,8H,1H3;4*1-3H,4H2;;/q;;;;4*-1;2*+2. The summed E-state index contributed by atoms with van der Waals surface area (Å²) in [4.78, 5) is 0. The molecule has 0 heterocycles. The maximum Gasteiger partial charge on any atom is 2.00 e. The van der Waals surface area contributed by atoms with E-state index in [1.54, 1.807) is 36.4 Å². The van der Waals surface area contributed by atoms with E-state index in [0.29, 0.717) is 23.0 Å². The Morgan fingerprint density at radius 2 is 0.630 bits per heavy atom. The van der Waals surface area contributed by atoms with E-state index < -0.39 is 0 Å². The number of rotatable bonds is 0. The van der Waals surface area contributed by atoms with E-state index in [-0.39, 0.29) is 52.4 Å². The molecule has 0 spiro atoms. The summed E-state index contributed by atoms with van der Waals surface area (Å²) in [7, 11) is 0. The normalized spacial score (nSPS) is 11.9. The number of allylic oxidation sites excluding steroid dienone is 16. The van der Waals surface area contributed by atoms with Gasteiger partial charge in [-0.05, 0) is 75.2 Å². The van der Waals surface area contributed by atoms with Crippen LogP contribution < -0.4 is 0 Å². The molecule has 0 bridgehead atoms. The maximum absolute atomic E-state index is 8.92. The van der Waals surface area contributed by atoms with Gasteiger partial charge in [-0.15, -0.1) is 25.7 Å². The fourth-order valence-electron chi connectivity index (χ4n) is 3.58. The van der Waals surface area contributed by atoms with Crippen molar-refractivity contribution in [3.63, 3.8) is 0 Å². The van der Waals surface area contributed by atoms with Gasteiger partial charge in [0, 0.05) is 0 Å². The molecule has 4 aromatic carbocycles. The molecule has 6 heteroatoms. The summed E-state index contributed by atoms with van der Waals surface area (Å²) in [5, 5.41) is 35.4. The van der Waals surface area contributed by atoms with Gasteiger partial charge in [-0.2, -0.15) is 24.3 Å². The summed E-state index contributed by atoms with van der Waals surface area (Å²) in [6, 6.07) is 28.7. The van der Waals surface area contributed by atoms with Crippen LogP contribution in [0.3, 0.4) is 0 Å². The molecule has 0 saturated carbocycles. The minimum Gasteiger partial charge on any atom is -0.508 e. The van der Waals surface area contributed by atoms with Gasteiger partial charge in [0.1, 0.15) is 23.0 Å². The van der Waals surface area contributed by atoms with Gasteiger partial charge in [0.25, 0.3) is 0 Å². The smallest absolute Gasteiger partial charge is 0.508 e. The molecule has 0 atom stereocenters. The first kappa shape index (κ1) is 51.9. The van der Waals surface area contributed by atoms with Gasteiger partial charge in [-0.3, -0.25) is 24.3 Å². The third-order valence-corrected chi connectivity index (χ3v) is 6.64. The second kappa shape index (κ2) is 35.8. The summed E-state index contributed by atoms with van der Waals surface area (Å²) in [5.41, 5.74) is 4.19. The van der Waals surface area contributed by atoms with Crippen molar-refractivity contribution in [3.8, 4) is 23.0 Å². The van der Waals surface area contributed by atoms with Crippen LogP contribution in [-0.4, -0.2) is 20.4 Å². The zero-order valence-corrected chi connectivity index (χ0v) is 36.7. The number of aromatic hydroxyl groups is 4. The zero-order chi connectivity index (χ0) is 38.1. The van der Waals surface area contributed by atoms with E-state index >= 15 is 0 Å². The number of benzene rings is 4. The number of aryl methyl sites for hydroxylation is 4. The Morgan fingerprint density at radius 1 is 0.370 bits per heavy atom. The van der Waals surface area contributed by atoms with Gasteiger partial charge in [0.05, 0.1) is 0 Å². The SMILES string of the molecule is Cc1ccc(O)cc1.Cc1ccc(O)cc1.Cc1ccccc1O.Cc1ccccc1O.[C-]1=CC=CC1.[C-]1=CC=CC1.[C-]1=CC=CC1.[C-]1=CC=CC1.[Zr+2].[Zr+2]. The van der Waals surface area contributed by atoms with Crippen LogP contribution >= 0.6 is 0 Å². The van der Waals surface area contributed by atoms with Crippen molar-refractivity contribution in [1.29, 1.82) is 0 Å². The molecule has 0 amide bonds. The number of hydrogen-bond acceptors (Lipinski definition) is 4. The van der Waals surface area contributed by atoms with Crippen LogP contribution in [0.1, 0.15) is 47.9 Å². The second-order valence-electron chi connectivity index (χ2n) is 11.3. The Balaban J connectivity index is 0. The Hall–Kier alpha value is -4.23. The van der Waals surface area contributed by atoms with Crippen LogP contribution in [0.15, 0.2) is 170 Å². The van der Waals surface area contributed by atoms with E-state index in [0.717, 1.165) is 36.8 Å². The molecule has 4 N–H and O–H groups in total. The number of phenolic OH excluding ortho intramolecular Hbond substituents is 4. The molecule has 4 nitrogen and oxygen atoms in total. The second-order valence-corrected chi connectivity index (χ2v) is 11.3. The van der Waals surface area contributed by atoms with E-state index in [9.17, 15) is 0 Å². The van der Waals surface area contributed by atoms with Crippen molar-refractivity contribution >= 4 is 0 Å². The fraction of sp³-hybridized carbons (Fsp3) is 0.167. The summed E-state index contributed by atoms with van der Waals surface area (Å²) >= 11 is 0. The van der Waals surface area contributed by atoms with Crippen LogP contribution in [0.5, 0.6) is 23.0 Å². The first-order valence-electron chi connectivity index (χ1n) is 17.1. The Kier molecular flexibility index (Phi) is 34.4. The van der Waals surface area contributed by atoms with E-state index in [4.69, 9.17) is 20.4 Å². The molecule has 54 heavy (non-hydrogen) atoms. The van der Waals surface area contributed by atoms with Crippen molar-refractivity contribution in [3.05, 3.63) is 217 Å². The topological polar surface area (TPSA) is 80.9 Å². The van der Waals surface area contributed by atoms with E-state index in [1.165, 1.54) is 11.1 Å². The van der Waals surface area contributed by atoms with E-state index in [2.05, 4.69) is 48.6 Å². The van der Waals surface area contributed by atoms with Crippen molar-refractivity contribution in [2.24, 2.45) is 0 Å². The predicted octanol–water partition coefficient (Wildman–Crippen LogP) is 12.0. The van der Waals surface area contributed by atoms with Crippen molar-refractivity contribution < 1.29 is 72.8 Å². The van der Waals surface area contributed by atoms with Gasteiger partial charge >= 0.3 is 52.4 Å². The van der Waals surface area contributed by atoms with Crippen LogP contribution in [-0.2, 0) is 52.4 Å².